The highest BCUT2D eigenvalue weighted by atomic mass is 35.5. The summed E-state index contributed by atoms with van der Waals surface area (Å²) in [5, 5.41) is 8.42. The minimum atomic E-state index is -0.395. The van der Waals surface area contributed by atoms with E-state index in [1.54, 1.807) is 6.07 Å². The standard InChI is InChI=1S/C18H20Cl2N4O2S/c19-14-5-4-12(8-15(14)20)17(26)21-9-16(25)23-18-22-13(11-27-18)10-24-6-2-1-3-7-24/h4-5,8,11H,1-3,6-7,9-10H2,(H,21,26)(H,22,23,25). The van der Waals surface area contributed by atoms with Gasteiger partial charge in [0.1, 0.15) is 0 Å². The number of aromatic nitrogens is 1. The molecule has 0 saturated carbocycles. The van der Waals surface area contributed by atoms with Gasteiger partial charge in [-0.25, -0.2) is 4.98 Å². The van der Waals surface area contributed by atoms with Crippen LogP contribution in [0.1, 0.15) is 35.3 Å². The molecule has 3 rings (SSSR count). The number of piperidine rings is 1. The van der Waals surface area contributed by atoms with Crippen LogP contribution in [0.5, 0.6) is 0 Å². The number of likely N-dealkylation sites (tertiary alicyclic amines) is 1. The van der Waals surface area contributed by atoms with Crippen molar-refractivity contribution in [2.75, 3.05) is 25.0 Å². The molecule has 2 N–H and O–H groups in total. The molecule has 0 radical (unpaired) electrons. The van der Waals surface area contributed by atoms with Crippen molar-refractivity contribution in [3.8, 4) is 0 Å². The molecule has 2 heterocycles. The van der Waals surface area contributed by atoms with E-state index in [1.165, 1.54) is 42.7 Å². The topological polar surface area (TPSA) is 74.3 Å². The Morgan fingerprint density at radius 3 is 2.67 bits per heavy atom. The second-order valence-electron chi connectivity index (χ2n) is 6.34. The fourth-order valence-electron chi connectivity index (χ4n) is 2.85. The van der Waals surface area contributed by atoms with E-state index in [4.69, 9.17) is 23.2 Å². The van der Waals surface area contributed by atoms with Crippen molar-refractivity contribution in [2.45, 2.75) is 25.8 Å². The van der Waals surface area contributed by atoms with Crippen molar-refractivity contribution in [3.63, 3.8) is 0 Å². The monoisotopic (exact) mass is 426 g/mol. The fourth-order valence-corrected chi connectivity index (χ4v) is 3.86. The molecule has 1 aliphatic heterocycles. The van der Waals surface area contributed by atoms with Gasteiger partial charge in [0.2, 0.25) is 5.91 Å². The molecule has 6 nitrogen and oxygen atoms in total. The predicted molar refractivity (Wildman–Crippen MR) is 109 cm³/mol. The van der Waals surface area contributed by atoms with Gasteiger partial charge in [0.15, 0.2) is 5.13 Å². The largest absolute Gasteiger partial charge is 0.343 e. The number of thiazole rings is 1. The number of halogens is 2. The smallest absolute Gasteiger partial charge is 0.251 e. The van der Waals surface area contributed by atoms with E-state index in [9.17, 15) is 9.59 Å². The summed E-state index contributed by atoms with van der Waals surface area (Å²) >= 11 is 13.1. The molecule has 1 aliphatic rings. The summed E-state index contributed by atoms with van der Waals surface area (Å²) in [6, 6.07) is 4.55. The van der Waals surface area contributed by atoms with Gasteiger partial charge < -0.3 is 10.6 Å². The maximum atomic E-state index is 12.1. The SMILES string of the molecule is O=C(CNC(=O)c1ccc(Cl)c(Cl)c1)Nc1nc(CN2CCCCC2)cs1. The number of anilines is 1. The highest BCUT2D eigenvalue weighted by Gasteiger charge is 2.14. The van der Waals surface area contributed by atoms with E-state index >= 15 is 0 Å². The molecule has 0 atom stereocenters. The van der Waals surface area contributed by atoms with E-state index in [-0.39, 0.29) is 17.5 Å². The molecule has 0 aliphatic carbocycles. The zero-order valence-corrected chi connectivity index (χ0v) is 17.0. The number of hydrogen-bond donors (Lipinski definition) is 2. The first-order chi connectivity index (χ1) is 13.0. The molecule has 0 unspecified atom stereocenters. The summed E-state index contributed by atoms with van der Waals surface area (Å²) in [6.45, 7) is 2.85. The average Bonchev–Trinajstić information content (AvgIpc) is 3.09. The molecule has 2 amide bonds. The summed E-state index contributed by atoms with van der Waals surface area (Å²) in [7, 11) is 0. The summed E-state index contributed by atoms with van der Waals surface area (Å²) in [6.07, 6.45) is 3.75. The van der Waals surface area contributed by atoms with Crippen molar-refractivity contribution in [3.05, 3.63) is 44.9 Å². The highest BCUT2D eigenvalue weighted by molar-refractivity contribution is 7.13. The van der Waals surface area contributed by atoms with Crippen LogP contribution in [0.15, 0.2) is 23.6 Å². The highest BCUT2D eigenvalue weighted by Crippen LogP contribution is 2.22. The number of nitrogens with zero attached hydrogens (tertiary/aromatic N) is 2. The van der Waals surface area contributed by atoms with Crippen LogP contribution in [0.25, 0.3) is 0 Å². The normalized spacial score (nSPS) is 14.7. The van der Waals surface area contributed by atoms with Crippen LogP contribution < -0.4 is 10.6 Å². The minimum Gasteiger partial charge on any atom is -0.343 e. The van der Waals surface area contributed by atoms with Gasteiger partial charge in [-0.05, 0) is 44.1 Å². The predicted octanol–water partition coefficient (Wildman–Crippen LogP) is 3.80. The number of benzene rings is 1. The van der Waals surface area contributed by atoms with Crippen LogP contribution in [0.2, 0.25) is 10.0 Å². The number of rotatable bonds is 6. The second kappa shape index (κ2) is 9.50. The summed E-state index contributed by atoms with van der Waals surface area (Å²) < 4.78 is 0. The lowest BCUT2D eigenvalue weighted by atomic mass is 10.1. The molecule has 27 heavy (non-hydrogen) atoms. The summed E-state index contributed by atoms with van der Waals surface area (Å²) in [5.74, 6) is -0.726. The molecule has 144 valence electrons. The number of nitrogens with one attached hydrogen (secondary N) is 2. The van der Waals surface area contributed by atoms with Crippen LogP contribution in [0, 0.1) is 0 Å². The number of carbonyl (C=O) groups is 2. The van der Waals surface area contributed by atoms with Crippen molar-refractivity contribution in [2.24, 2.45) is 0 Å². The average molecular weight is 427 g/mol. The Balaban J connectivity index is 1.46. The van der Waals surface area contributed by atoms with Gasteiger partial charge in [-0.15, -0.1) is 11.3 Å². The third-order valence-electron chi connectivity index (χ3n) is 4.22. The van der Waals surface area contributed by atoms with Crippen LogP contribution in [0.4, 0.5) is 5.13 Å². The van der Waals surface area contributed by atoms with Crippen molar-refractivity contribution in [1.82, 2.24) is 15.2 Å². The van der Waals surface area contributed by atoms with Gasteiger partial charge in [-0.3, -0.25) is 14.5 Å². The lowest BCUT2D eigenvalue weighted by Gasteiger charge is -2.25. The Hall–Kier alpha value is -1.67. The molecule has 1 aromatic carbocycles. The maximum absolute atomic E-state index is 12.1. The van der Waals surface area contributed by atoms with E-state index in [2.05, 4.69) is 20.5 Å². The Kier molecular flexibility index (Phi) is 7.07. The quantitative estimate of drug-likeness (QED) is 0.736. The van der Waals surface area contributed by atoms with Crippen LogP contribution in [-0.4, -0.2) is 41.3 Å². The number of hydrogen-bond acceptors (Lipinski definition) is 5. The van der Waals surface area contributed by atoms with E-state index in [1.807, 2.05) is 5.38 Å². The van der Waals surface area contributed by atoms with Gasteiger partial charge in [0.25, 0.3) is 5.91 Å². The first-order valence-electron chi connectivity index (χ1n) is 8.71. The summed E-state index contributed by atoms with van der Waals surface area (Å²) in [5.41, 5.74) is 1.30. The lowest BCUT2D eigenvalue weighted by Crippen LogP contribution is -2.32. The molecule has 9 heteroatoms. The number of carbonyl (C=O) groups excluding carboxylic acids is 2. The van der Waals surface area contributed by atoms with Crippen molar-refractivity contribution >= 4 is 51.5 Å². The van der Waals surface area contributed by atoms with Gasteiger partial charge in [0, 0.05) is 17.5 Å². The first-order valence-corrected chi connectivity index (χ1v) is 10.3. The molecular weight excluding hydrogens is 407 g/mol. The van der Waals surface area contributed by atoms with Crippen molar-refractivity contribution in [1.29, 1.82) is 0 Å². The van der Waals surface area contributed by atoms with E-state index < -0.39 is 5.91 Å². The van der Waals surface area contributed by atoms with Gasteiger partial charge in [-0.1, -0.05) is 29.6 Å². The molecule has 1 fully saturated rings. The molecule has 0 bridgehead atoms. The zero-order chi connectivity index (χ0) is 19.2. The second-order valence-corrected chi connectivity index (χ2v) is 8.01. The van der Waals surface area contributed by atoms with Gasteiger partial charge in [0.05, 0.1) is 22.3 Å². The Morgan fingerprint density at radius 2 is 1.93 bits per heavy atom. The van der Waals surface area contributed by atoms with Gasteiger partial charge in [-0.2, -0.15) is 0 Å². The fraction of sp³-hybridized carbons (Fsp3) is 0.389. The van der Waals surface area contributed by atoms with Crippen LogP contribution in [0.3, 0.4) is 0 Å². The lowest BCUT2D eigenvalue weighted by molar-refractivity contribution is -0.115. The Bertz CT molecular complexity index is 821. The molecule has 0 spiro atoms. The Morgan fingerprint density at radius 1 is 1.15 bits per heavy atom. The maximum Gasteiger partial charge on any atom is 0.251 e. The van der Waals surface area contributed by atoms with Crippen molar-refractivity contribution < 1.29 is 9.59 Å². The molecule has 2 aromatic rings. The van der Waals surface area contributed by atoms with Gasteiger partial charge >= 0.3 is 0 Å². The Labute approximate surface area is 171 Å². The van der Waals surface area contributed by atoms with E-state index in [0.717, 1.165) is 25.3 Å². The zero-order valence-electron chi connectivity index (χ0n) is 14.6. The number of amides is 2. The van der Waals surface area contributed by atoms with Crippen LogP contribution in [-0.2, 0) is 11.3 Å². The minimum absolute atomic E-state index is 0.153. The van der Waals surface area contributed by atoms with Crippen LogP contribution >= 0.6 is 34.5 Å². The third kappa shape index (κ3) is 5.90. The molecule has 1 aromatic heterocycles. The first kappa shape index (κ1) is 20.1. The summed E-state index contributed by atoms with van der Waals surface area (Å²) in [4.78, 5) is 31.0. The van der Waals surface area contributed by atoms with E-state index in [0.29, 0.717) is 15.7 Å². The molecule has 1 saturated heterocycles. The third-order valence-corrected chi connectivity index (χ3v) is 5.77. The molecular formula is C18H20Cl2N4O2S.